The van der Waals surface area contributed by atoms with Gasteiger partial charge in [-0.2, -0.15) is 0 Å². The number of nitrogens with zero attached hydrogens (tertiary/aromatic N) is 2. The van der Waals surface area contributed by atoms with Gasteiger partial charge in [0.05, 0.1) is 29.8 Å². The molecule has 0 aromatic heterocycles. The van der Waals surface area contributed by atoms with E-state index in [1.165, 1.54) is 30.2 Å². The minimum atomic E-state index is -4.22. The molecule has 3 aromatic rings. The van der Waals surface area contributed by atoms with Crippen molar-refractivity contribution in [2.45, 2.75) is 69.5 Å². The molecule has 0 bridgehead atoms. The summed E-state index contributed by atoms with van der Waals surface area (Å²) in [7, 11) is -1.19. The molecule has 1 N–H and O–H groups in total. The number of hydrogen-bond donors (Lipinski definition) is 1. The number of benzene rings is 3. The second kappa shape index (κ2) is 14.8. The molecular weight excluding hydrogens is 602 g/mol. The molecule has 1 fully saturated rings. The van der Waals surface area contributed by atoms with Crippen molar-refractivity contribution >= 4 is 39.1 Å². The van der Waals surface area contributed by atoms with E-state index >= 15 is 0 Å². The maximum atomic E-state index is 14.3. The van der Waals surface area contributed by atoms with Crippen LogP contribution in [-0.4, -0.2) is 58.0 Å². The molecule has 44 heavy (non-hydrogen) atoms. The van der Waals surface area contributed by atoms with Gasteiger partial charge in [-0.3, -0.25) is 13.9 Å². The van der Waals surface area contributed by atoms with Crippen LogP contribution in [0.3, 0.4) is 0 Å². The number of anilines is 1. The molecule has 0 unspecified atom stereocenters. The minimum absolute atomic E-state index is 0.0237. The fraction of sp³-hybridized carbons (Fsp3) is 0.394. The third-order valence-electron chi connectivity index (χ3n) is 7.91. The molecule has 4 rings (SSSR count). The highest BCUT2D eigenvalue weighted by Gasteiger charge is 2.34. The van der Waals surface area contributed by atoms with E-state index in [0.29, 0.717) is 17.9 Å². The SMILES string of the molecule is CC[C@H](C(=O)NC1CCCC1)N(Cc1ccc(OC)cc1)C(=O)CN(c1ccc(OC)c(Cl)c1)S(=O)(=O)c1ccc(C)cc1. The summed E-state index contributed by atoms with van der Waals surface area (Å²) in [4.78, 5) is 29.4. The largest absolute Gasteiger partial charge is 0.497 e. The average Bonchev–Trinajstić information content (AvgIpc) is 3.53. The van der Waals surface area contributed by atoms with Crippen molar-refractivity contribution in [1.29, 1.82) is 0 Å². The molecule has 0 saturated heterocycles. The molecule has 1 saturated carbocycles. The molecule has 9 nitrogen and oxygen atoms in total. The van der Waals surface area contributed by atoms with Crippen LogP contribution in [0.4, 0.5) is 5.69 Å². The van der Waals surface area contributed by atoms with Gasteiger partial charge in [0.15, 0.2) is 0 Å². The Morgan fingerprint density at radius 3 is 2.20 bits per heavy atom. The third-order valence-corrected chi connectivity index (χ3v) is 9.99. The fourth-order valence-electron chi connectivity index (χ4n) is 5.39. The van der Waals surface area contributed by atoms with Gasteiger partial charge in [-0.25, -0.2) is 8.42 Å². The summed E-state index contributed by atoms with van der Waals surface area (Å²) < 4.78 is 39.8. The lowest BCUT2D eigenvalue weighted by atomic mass is 10.1. The first-order valence-corrected chi connectivity index (χ1v) is 16.5. The lowest BCUT2D eigenvalue weighted by Crippen LogP contribution is -2.53. The highest BCUT2D eigenvalue weighted by atomic mass is 35.5. The summed E-state index contributed by atoms with van der Waals surface area (Å²) in [6.45, 7) is 3.25. The van der Waals surface area contributed by atoms with Gasteiger partial charge in [0, 0.05) is 12.6 Å². The molecule has 0 aliphatic heterocycles. The van der Waals surface area contributed by atoms with E-state index in [1.807, 2.05) is 26.0 Å². The zero-order chi connectivity index (χ0) is 31.9. The van der Waals surface area contributed by atoms with Crippen LogP contribution in [0.15, 0.2) is 71.6 Å². The number of carbonyl (C=O) groups is 2. The summed E-state index contributed by atoms with van der Waals surface area (Å²) in [6, 6.07) is 17.4. The normalized spacial score (nSPS) is 14.1. The number of halogens is 1. The van der Waals surface area contributed by atoms with Gasteiger partial charge in [0.1, 0.15) is 24.1 Å². The van der Waals surface area contributed by atoms with E-state index in [-0.39, 0.29) is 34.1 Å². The van der Waals surface area contributed by atoms with Crippen LogP contribution >= 0.6 is 11.6 Å². The van der Waals surface area contributed by atoms with E-state index in [4.69, 9.17) is 21.1 Å². The summed E-state index contributed by atoms with van der Waals surface area (Å²) in [5.41, 5.74) is 1.85. The van der Waals surface area contributed by atoms with Crippen molar-refractivity contribution in [3.8, 4) is 11.5 Å². The standard InChI is InChI=1S/C33H40ClN3O6S/c1-5-30(33(39)35-25-8-6-7-9-25)36(21-24-12-15-27(42-3)16-13-24)32(38)22-37(26-14-19-31(43-4)29(34)20-26)44(40,41)28-17-10-23(2)11-18-28/h10-20,25,30H,5-9,21-22H2,1-4H3,(H,35,39)/t30-/m1/s1. The first-order chi connectivity index (χ1) is 21.1. The van der Waals surface area contributed by atoms with E-state index in [9.17, 15) is 18.0 Å². The molecule has 0 spiro atoms. The Kier molecular flexibility index (Phi) is 11.2. The zero-order valence-corrected chi connectivity index (χ0v) is 27.2. The summed E-state index contributed by atoms with van der Waals surface area (Å²) >= 11 is 6.41. The Labute approximate surface area is 265 Å². The molecule has 11 heteroatoms. The molecule has 1 aliphatic carbocycles. The number of ether oxygens (including phenoxy) is 2. The number of hydrogen-bond acceptors (Lipinski definition) is 6. The Morgan fingerprint density at radius 1 is 0.977 bits per heavy atom. The number of aryl methyl sites for hydroxylation is 1. The predicted octanol–water partition coefficient (Wildman–Crippen LogP) is 5.73. The van der Waals surface area contributed by atoms with Crippen molar-refractivity contribution in [2.75, 3.05) is 25.1 Å². The van der Waals surface area contributed by atoms with E-state index < -0.39 is 28.5 Å². The number of methoxy groups -OCH3 is 2. The minimum Gasteiger partial charge on any atom is -0.497 e. The first kappa shape index (κ1) is 33.1. The van der Waals surface area contributed by atoms with Gasteiger partial charge >= 0.3 is 0 Å². The monoisotopic (exact) mass is 641 g/mol. The second-order valence-electron chi connectivity index (χ2n) is 10.9. The first-order valence-electron chi connectivity index (χ1n) is 14.7. The Balaban J connectivity index is 1.73. The Bertz CT molecular complexity index is 1540. The van der Waals surface area contributed by atoms with Gasteiger partial charge in [-0.15, -0.1) is 0 Å². The number of rotatable bonds is 13. The summed E-state index contributed by atoms with van der Waals surface area (Å²) in [5, 5.41) is 3.31. The van der Waals surface area contributed by atoms with Gasteiger partial charge in [0.2, 0.25) is 11.8 Å². The van der Waals surface area contributed by atoms with Gasteiger partial charge in [-0.1, -0.05) is 61.2 Å². The molecule has 0 heterocycles. The maximum absolute atomic E-state index is 14.3. The number of sulfonamides is 1. The summed E-state index contributed by atoms with van der Waals surface area (Å²) in [5.74, 6) is 0.244. The van der Waals surface area contributed by atoms with Crippen LogP contribution in [0.25, 0.3) is 0 Å². The van der Waals surface area contributed by atoms with Gasteiger partial charge in [-0.05, 0) is 74.2 Å². The number of amides is 2. The van der Waals surface area contributed by atoms with Crippen LogP contribution in [0, 0.1) is 6.92 Å². The van der Waals surface area contributed by atoms with Crippen molar-refractivity contribution in [2.24, 2.45) is 0 Å². The van der Waals surface area contributed by atoms with Crippen LogP contribution in [0.2, 0.25) is 5.02 Å². The maximum Gasteiger partial charge on any atom is 0.264 e. The van der Waals surface area contributed by atoms with Crippen molar-refractivity contribution in [3.63, 3.8) is 0 Å². The predicted molar refractivity (Wildman–Crippen MR) is 172 cm³/mol. The molecule has 2 amide bonds. The van der Waals surface area contributed by atoms with Crippen LogP contribution in [-0.2, 0) is 26.2 Å². The quantitative estimate of drug-likeness (QED) is 0.256. The van der Waals surface area contributed by atoms with Crippen molar-refractivity contribution in [1.82, 2.24) is 10.2 Å². The molecule has 236 valence electrons. The van der Waals surface area contributed by atoms with E-state index in [1.54, 1.807) is 43.5 Å². The topological polar surface area (TPSA) is 105 Å². The number of carbonyl (C=O) groups excluding carboxylic acids is 2. The molecule has 0 radical (unpaired) electrons. The average molecular weight is 642 g/mol. The molecule has 1 atom stereocenters. The van der Waals surface area contributed by atoms with Crippen molar-refractivity contribution < 1.29 is 27.5 Å². The highest BCUT2D eigenvalue weighted by molar-refractivity contribution is 7.92. The Hall–Kier alpha value is -3.76. The highest BCUT2D eigenvalue weighted by Crippen LogP contribution is 2.32. The lowest BCUT2D eigenvalue weighted by molar-refractivity contribution is -0.140. The van der Waals surface area contributed by atoms with Crippen molar-refractivity contribution in [3.05, 3.63) is 82.9 Å². The number of nitrogens with one attached hydrogen (secondary N) is 1. The van der Waals surface area contributed by atoms with Gasteiger partial charge in [0.25, 0.3) is 10.0 Å². The Morgan fingerprint density at radius 2 is 1.64 bits per heavy atom. The smallest absolute Gasteiger partial charge is 0.264 e. The summed E-state index contributed by atoms with van der Waals surface area (Å²) in [6.07, 6.45) is 4.24. The van der Waals surface area contributed by atoms with E-state index in [0.717, 1.165) is 41.1 Å². The molecule has 3 aromatic carbocycles. The zero-order valence-electron chi connectivity index (χ0n) is 25.6. The fourth-order valence-corrected chi connectivity index (χ4v) is 7.05. The van der Waals surface area contributed by atoms with E-state index in [2.05, 4.69) is 5.32 Å². The van der Waals surface area contributed by atoms with Gasteiger partial charge < -0.3 is 19.7 Å². The second-order valence-corrected chi connectivity index (χ2v) is 13.2. The van der Waals surface area contributed by atoms with Crippen LogP contribution < -0.4 is 19.1 Å². The lowest BCUT2D eigenvalue weighted by Gasteiger charge is -2.34. The van der Waals surface area contributed by atoms with Crippen LogP contribution in [0.5, 0.6) is 11.5 Å². The molecular formula is C33H40ClN3O6S. The third kappa shape index (κ3) is 7.84. The molecule has 1 aliphatic rings. The van der Waals surface area contributed by atoms with Crippen LogP contribution in [0.1, 0.15) is 50.2 Å².